The molecule has 0 saturated carbocycles. The Balaban J connectivity index is 2.66. The van der Waals surface area contributed by atoms with Gasteiger partial charge in [0.2, 0.25) is 0 Å². The molecule has 0 radical (unpaired) electrons. The van der Waals surface area contributed by atoms with Crippen LogP contribution >= 0.6 is 0 Å². The van der Waals surface area contributed by atoms with Crippen LogP contribution in [0.4, 0.5) is 0 Å². The molecule has 1 aromatic carbocycles. The third kappa shape index (κ3) is 2.61. The predicted molar refractivity (Wildman–Crippen MR) is 80.6 cm³/mol. The summed E-state index contributed by atoms with van der Waals surface area (Å²) in [6.07, 6.45) is 1.50. The third-order valence-electron chi connectivity index (χ3n) is 3.37. The fourth-order valence-electron chi connectivity index (χ4n) is 2.46. The summed E-state index contributed by atoms with van der Waals surface area (Å²) in [6, 6.07) is 3.97. The minimum Gasteiger partial charge on any atom is -0.490 e. The maximum absolute atomic E-state index is 9.94. The topological polar surface area (TPSA) is 43.6 Å². The van der Waals surface area contributed by atoms with E-state index in [1.54, 1.807) is 6.92 Å². The predicted octanol–water partition coefficient (Wildman–Crippen LogP) is 3.51. The first-order valence-electron chi connectivity index (χ1n) is 7.22. The van der Waals surface area contributed by atoms with E-state index in [0.29, 0.717) is 13.2 Å². The zero-order valence-corrected chi connectivity index (χ0v) is 12.6. The molecule has 1 heterocycles. The van der Waals surface area contributed by atoms with Gasteiger partial charge in [0.05, 0.1) is 24.8 Å². The molecule has 0 fully saturated rings. The van der Waals surface area contributed by atoms with Crippen LogP contribution in [-0.4, -0.2) is 22.9 Å². The maximum atomic E-state index is 9.94. The second-order valence-corrected chi connectivity index (χ2v) is 4.73. The Morgan fingerprint density at radius 2 is 1.70 bits per heavy atom. The highest BCUT2D eigenvalue weighted by atomic mass is 16.5. The fourth-order valence-corrected chi connectivity index (χ4v) is 2.46. The van der Waals surface area contributed by atoms with Crippen LogP contribution in [0.25, 0.3) is 10.9 Å². The molecule has 2 rings (SSSR count). The van der Waals surface area contributed by atoms with E-state index in [2.05, 4.69) is 11.5 Å². The second-order valence-electron chi connectivity index (χ2n) is 4.73. The lowest BCUT2D eigenvalue weighted by molar-refractivity contribution is 0.200. The lowest BCUT2D eigenvalue weighted by Gasteiger charge is -2.12. The van der Waals surface area contributed by atoms with E-state index in [1.807, 2.05) is 32.2 Å². The van der Waals surface area contributed by atoms with Crippen LogP contribution in [0.15, 0.2) is 18.3 Å². The molecule has 2 aromatic rings. The lowest BCUT2D eigenvalue weighted by atomic mass is 10.1. The largest absolute Gasteiger partial charge is 0.490 e. The summed E-state index contributed by atoms with van der Waals surface area (Å²) < 4.78 is 13.4. The number of rotatable bonds is 6. The summed E-state index contributed by atoms with van der Waals surface area (Å²) in [5.41, 5.74) is 1.99. The van der Waals surface area contributed by atoms with Gasteiger partial charge in [0.25, 0.3) is 0 Å². The van der Waals surface area contributed by atoms with Gasteiger partial charge < -0.3 is 19.1 Å². The molecule has 0 aliphatic carbocycles. The average molecular weight is 277 g/mol. The van der Waals surface area contributed by atoms with Crippen molar-refractivity contribution in [2.45, 2.75) is 40.3 Å². The Hall–Kier alpha value is -1.68. The quantitative estimate of drug-likeness (QED) is 0.878. The number of hydrogen-bond donors (Lipinski definition) is 1. The van der Waals surface area contributed by atoms with Crippen molar-refractivity contribution in [1.29, 1.82) is 0 Å². The Kier molecular flexibility index (Phi) is 4.55. The highest BCUT2D eigenvalue weighted by molar-refractivity contribution is 5.87. The van der Waals surface area contributed by atoms with E-state index < -0.39 is 6.10 Å². The highest BCUT2D eigenvalue weighted by Crippen LogP contribution is 2.36. The van der Waals surface area contributed by atoms with Crippen LogP contribution in [0.5, 0.6) is 11.5 Å². The number of aromatic nitrogens is 1. The number of benzene rings is 1. The van der Waals surface area contributed by atoms with E-state index in [9.17, 15) is 5.11 Å². The molecule has 110 valence electrons. The summed E-state index contributed by atoms with van der Waals surface area (Å²) in [7, 11) is 0. The number of aliphatic hydroxyl groups is 1. The van der Waals surface area contributed by atoms with E-state index in [1.165, 1.54) is 0 Å². The van der Waals surface area contributed by atoms with Gasteiger partial charge in [-0.15, -0.1) is 0 Å². The number of hydrogen-bond acceptors (Lipinski definition) is 3. The number of nitrogens with zero attached hydrogens (tertiary/aromatic N) is 1. The molecule has 0 aliphatic rings. The minimum absolute atomic E-state index is 0.502. The van der Waals surface area contributed by atoms with Gasteiger partial charge in [-0.05, 0) is 33.8 Å². The van der Waals surface area contributed by atoms with Crippen molar-refractivity contribution in [2.75, 3.05) is 13.2 Å². The lowest BCUT2D eigenvalue weighted by Crippen LogP contribution is -1.99. The molecule has 0 saturated heterocycles. The van der Waals surface area contributed by atoms with Crippen molar-refractivity contribution in [3.05, 3.63) is 23.9 Å². The Bertz CT molecular complexity index is 587. The van der Waals surface area contributed by atoms with Crippen molar-refractivity contribution in [3.63, 3.8) is 0 Å². The molecule has 4 heteroatoms. The van der Waals surface area contributed by atoms with Gasteiger partial charge in [0, 0.05) is 29.8 Å². The van der Waals surface area contributed by atoms with Crippen molar-refractivity contribution in [2.24, 2.45) is 0 Å². The molecule has 1 aromatic heterocycles. The van der Waals surface area contributed by atoms with Gasteiger partial charge in [-0.3, -0.25) is 0 Å². The van der Waals surface area contributed by atoms with Crippen LogP contribution in [0.3, 0.4) is 0 Å². The van der Waals surface area contributed by atoms with Crippen LogP contribution in [-0.2, 0) is 6.54 Å². The molecular weight excluding hydrogens is 254 g/mol. The molecular formula is C16H23NO3. The first-order valence-corrected chi connectivity index (χ1v) is 7.22. The van der Waals surface area contributed by atoms with Crippen LogP contribution in [0, 0.1) is 0 Å². The molecule has 4 nitrogen and oxygen atoms in total. The van der Waals surface area contributed by atoms with Crippen molar-refractivity contribution in [3.8, 4) is 11.5 Å². The monoisotopic (exact) mass is 277 g/mol. The number of ether oxygens (including phenoxy) is 2. The zero-order valence-electron chi connectivity index (χ0n) is 12.6. The highest BCUT2D eigenvalue weighted by Gasteiger charge is 2.16. The summed E-state index contributed by atoms with van der Waals surface area (Å²) >= 11 is 0. The molecule has 0 amide bonds. The molecule has 0 bridgehead atoms. The van der Waals surface area contributed by atoms with Gasteiger partial charge in [-0.1, -0.05) is 0 Å². The molecule has 1 unspecified atom stereocenters. The van der Waals surface area contributed by atoms with Crippen molar-refractivity contribution >= 4 is 10.9 Å². The van der Waals surface area contributed by atoms with E-state index >= 15 is 0 Å². The van der Waals surface area contributed by atoms with Crippen molar-refractivity contribution < 1.29 is 14.6 Å². The Labute approximate surface area is 119 Å². The summed E-state index contributed by atoms with van der Waals surface area (Å²) in [6.45, 7) is 9.81. The zero-order chi connectivity index (χ0) is 14.7. The first kappa shape index (κ1) is 14.7. The molecule has 0 aliphatic heterocycles. The number of fused-ring (bicyclic) bond motifs is 1. The first-order chi connectivity index (χ1) is 9.62. The number of aliphatic hydroxyl groups excluding tert-OH is 1. The van der Waals surface area contributed by atoms with E-state index in [-0.39, 0.29) is 0 Å². The SMILES string of the molecule is CCOc1cc2c(C(C)O)cn(CC)c2cc1OCC. The van der Waals surface area contributed by atoms with E-state index in [0.717, 1.165) is 34.5 Å². The summed E-state index contributed by atoms with van der Waals surface area (Å²) in [5.74, 6) is 1.49. The van der Waals surface area contributed by atoms with Gasteiger partial charge in [-0.25, -0.2) is 0 Å². The fraction of sp³-hybridized carbons (Fsp3) is 0.500. The smallest absolute Gasteiger partial charge is 0.163 e. The van der Waals surface area contributed by atoms with Crippen molar-refractivity contribution in [1.82, 2.24) is 4.57 Å². The Morgan fingerprint density at radius 3 is 2.20 bits per heavy atom. The normalized spacial score (nSPS) is 12.7. The van der Waals surface area contributed by atoms with Crippen LogP contribution in [0.1, 0.15) is 39.4 Å². The van der Waals surface area contributed by atoms with Gasteiger partial charge in [0.1, 0.15) is 0 Å². The average Bonchev–Trinajstić information content (AvgIpc) is 2.77. The Morgan fingerprint density at radius 1 is 1.10 bits per heavy atom. The number of aryl methyl sites for hydroxylation is 1. The third-order valence-corrected chi connectivity index (χ3v) is 3.37. The van der Waals surface area contributed by atoms with Gasteiger partial charge >= 0.3 is 0 Å². The van der Waals surface area contributed by atoms with Gasteiger partial charge in [-0.2, -0.15) is 0 Å². The second kappa shape index (κ2) is 6.18. The molecule has 1 N–H and O–H groups in total. The van der Waals surface area contributed by atoms with E-state index in [4.69, 9.17) is 9.47 Å². The molecule has 0 spiro atoms. The standard InChI is InChI=1S/C16H23NO3/c1-5-17-10-13(11(4)18)12-8-15(19-6-2)16(20-7-3)9-14(12)17/h8-11,18H,5-7H2,1-4H3. The van der Waals surface area contributed by atoms with Crippen LogP contribution < -0.4 is 9.47 Å². The molecule has 20 heavy (non-hydrogen) atoms. The van der Waals surface area contributed by atoms with Gasteiger partial charge in [0.15, 0.2) is 11.5 Å². The summed E-state index contributed by atoms with van der Waals surface area (Å²) in [5, 5.41) is 11.0. The van der Waals surface area contributed by atoms with Crippen LogP contribution in [0.2, 0.25) is 0 Å². The maximum Gasteiger partial charge on any atom is 0.163 e. The minimum atomic E-state index is -0.502. The molecule has 1 atom stereocenters. The summed E-state index contributed by atoms with van der Waals surface area (Å²) in [4.78, 5) is 0.